The zero-order chi connectivity index (χ0) is 26.8. The minimum atomic E-state index is 0.605. The van der Waals surface area contributed by atoms with Gasteiger partial charge in [0.05, 0.1) is 40.6 Å². The third kappa shape index (κ3) is 11.4. The molecule has 0 atom stereocenters. The molecule has 0 bridgehead atoms. The van der Waals surface area contributed by atoms with Crippen molar-refractivity contribution >= 4 is 0 Å². The molecule has 0 aromatic heterocycles. The smallest absolute Gasteiger partial charge is 0.118 e. The quantitative estimate of drug-likeness (QED) is 0.135. The van der Waals surface area contributed by atoms with E-state index in [1.165, 1.54) is 16.7 Å². The van der Waals surface area contributed by atoms with Gasteiger partial charge in [-0.25, -0.2) is 0 Å². The fourth-order valence-electron chi connectivity index (χ4n) is 4.20. The molecule has 0 aliphatic heterocycles. The van der Waals surface area contributed by atoms with Crippen LogP contribution in [0.2, 0.25) is 0 Å². The zero-order valence-electron chi connectivity index (χ0n) is 23.2. The summed E-state index contributed by atoms with van der Waals surface area (Å²) in [7, 11) is 3.36. The van der Waals surface area contributed by atoms with Crippen LogP contribution < -0.4 is 9.47 Å². The van der Waals surface area contributed by atoms with Gasteiger partial charge in [0, 0.05) is 0 Å². The van der Waals surface area contributed by atoms with Gasteiger partial charge in [-0.1, -0.05) is 77.9 Å². The standard InChI is InChI=1S/C34H42O4/c1-28(9-7-12-29-10-5-4-6-11-29)25-30(22-24-38-27-32-16-20-34(36-3)21-17-32)13-8-23-37-26-31-14-18-33(35-2)19-15-31/h4-6,9-11,13-21H,7-8,12,22-27H2,1-3H3/b28-9-,30-13+. The van der Waals surface area contributed by atoms with E-state index in [9.17, 15) is 0 Å². The van der Waals surface area contributed by atoms with Crippen LogP contribution in [0, 0.1) is 0 Å². The Labute approximate surface area is 228 Å². The summed E-state index contributed by atoms with van der Waals surface area (Å²) in [6.45, 7) is 4.84. The second-order valence-corrected chi connectivity index (χ2v) is 9.45. The summed E-state index contributed by atoms with van der Waals surface area (Å²) in [6.07, 6.45) is 9.61. The molecule has 4 nitrogen and oxygen atoms in total. The highest BCUT2D eigenvalue weighted by molar-refractivity contribution is 5.27. The molecule has 0 saturated heterocycles. The van der Waals surface area contributed by atoms with Gasteiger partial charge < -0.3 is 18.9 Å². The Hall–Kier alpha value is -3.34. The van der Waals surface area contributed by atoms with Gasteiger partial charge in [0.1, 0.15) is 11.5 Å². The first kappa shape index (κ1) is 29.2. The third-order valence-corrected chi connectivity index (χ3v) is 6.39. The van der Waals surface area contributed by atoms with Crippen LogP contribution in [-0.4, -0.2) is 27.4 Å². The number of hydrogen-bond acceptors (Lipinski definition) is 4. The minimum absolute atomic E-state index is 0.605. The van der Waals surface area contributed by atoms with Gasteiger partial charge in [-0.05, 0) is 80.0 Å². The number of rotatable bonds is 17. The molecule has 0 fully saturated rings. The van der Waals surface area contributed by atoms with Crippen LogP contribution in [0.1, 0.15) is 49.3 Å². The van der Waals surface area contributed by atoms with Crippen molar-refractivity contribution in [2.45, 2.75) is 52.2 Å². The summed E-state index contributed by atoms with van der Waals surface area (Å²) in [5.41, 5.74) is 6.50. The minimum Gasteiger partial charge on any atom is -0.497 e. The van der Waals surface area contributed by atoms with E-state index in [0.717, 1.165) is 54.7 Å². The zero-order valence-corrected chi connectivity index (χ0v) is 23.2. The van der Waals surface area contributed by atoms with E-state index in [4.69, 9.17) is 18.9 Å². The Bertz CT molecular complexity index is 1100. The predicted octanol–water partition coefficient (Wildman–Crippen LogP) is 8.11. The topological polar surface area (TPSA) is 36.9 Å². The lowest BCUT2D eigenvalue weighted by Gasteiger charge is -2.11. The van der Waals surface area contributed by atoms with Crippen molar-refractivity contribution in [1.29, 1.82) is 0 Å². The number of benzene rings is 3. The van der Waals surface area contributed by atoms with Gasteiger partial charge in [0.2, 0.25) is 0 Å². The molecular weight excluding hydrogens is 472 g/mol. The number of methoxy groups -OCH3 is 2. The van der Waals surface area contributed by atoms with Crippen LogP contribution in [0.5, 0.6) is 11.5 Å². The average Bonchev–Trinajstić information content (AvgIpc) is 2.96. The molecular formula is C34H42O4. The first-order chi connectivity index (χ1) is 18.7. The highest BCUT2D eigenvalue weighted by atomic mass is 16.5. The largest absolute Gasteiger partial charge is 0.497 e. The third-order valence-electron chi connectivity index (χ3n) is 6.39. The molecule has 0 saturated carbocycles. The van der Waals surface area contributed by atoms with Gasteiger partial charge in [-0.3, -0.25) is 0 Å². The van der Waals surface area contributed by atoms with Gasteiger partial charge in [0.15, 0.2) is 0 Å². The van der Waals surface area contributed by atoms with Crippen LogP contribution in [-0.2, 0) is 29.1 Å². The molecule has 0 spiro atoms. The maximum Gasteiger partial charge on any atom is 0.118 e. The molecule has 0 N–H and O–H groups in total. The normalized spacial score (nSPS) is 12.0. The maximum absolute atomic E-state index is 6.01. The van der Waals surface area contributed by atoms with E-state index in [2.05, 4.69) is 61.5 Å². The van der Waals surface area contributed by atoms with E-state index in [1.807, 2.05) is 36.4 Å². The number of hydrogen-bond donors (Lipinski definition) is 0. The SMILES string of the molecule is COc1ccc(COCC/C=C(\CCOCc2ccc(OC)cc2)C/C(C)=C\CCc2ccccc2)cc1. The lowest BCUT2D eigenvalue weighted by atomic mass is 10.0. The number of aryl methyl sites for hydroxylation is 1. The maximum atomic E-state index is 6.01. The van der Waals surface area contributed by atoms with E-state index in [1.54, 1.807) is 14.2 Å². The summed E-state index contributed by atoms with van der Waals surface area (Å²) in [6, 6.07) is 26.7. The second-order valence-electron chi connectivity index (χ2n) is 9.45. The fourth-order valence-corrected chi connectivity index (χ4v) is 4.20. The van der Waals surface area contributed by atoms with Crippen molar-refractivity contribution in [3.05, 3.63) is 119 Å². The molecule has 38 heavy (non-hydrogen) atoms. The number of ether oxygens (including phenoxy) is 4. The average molecular weight is 515 g/mol. The molecule has 4 heteroatoms. The van der Waals surface area contributed by atoms with E-state index >= 15 is 0 Å². The Morgan fingerprint density at radius 3 is 1.79 bits per heavy atom. The summed E-state index contributed by atoms with van der Waals surface area (Å²) in [4.78, 5) is 0. The summed E-state index contributed by atoms with van der Waals surface area (Å²) >= 11 is 0. The molecule has 3 aromatic rings. The van der Waals surface area contributed by atoms with Gasteiger partial charge in [-0.2, -0.15) is 0 Å². The predicted molar refractivity (Wildman–Crippen MR) is 156 cm³/mol. The van der Waals surface area contributed by atoms with Crippen LogP contribution in [0.3, 0.4) is 0 Å². The molecule has 0 aliphatic rings. The number of allylic oxidation sites excluding steroid dienone is 2. The molecule has 0 unspecified atom stereocenters. The molecule has 0 radical (unpaired) electrons. The van der Waals surface area contributed by atoms with Crippen molar-refractivity contribution in [1.82, 2.24) is 0 Å². The molecule has 0 heterocycles. The lowest BCUT2D eigenvalue weighted by Crippen LogP contribution is -2.00. The fraction of sp³-hybridized carbons (Fsp3) is 0.353. The molecule has 0 aliphatic carbocycles. The molecule has 3 rings (SSSR count). The van der Waals surface area contributed by atoms with Crippen molar-refractivity contribution in [3.63, 3.8) is 0 Å². The Morgan fingerprint density at radius 1 is 0.632 bits per heavy atom. The van der Waals surface area contributed by atoms with Crippen LogP contribution in [0.4, 0.5) is 0 Å². The van der Waals surface area contributed by atoms with E-state index in [0.29, 0.717) is 26.4 Å². The van der Waals surface area contributed by atoms with Crippen LogP contribution in [0.15, 0.2) is 102 Å². The molecule has 202 valence electrons. The van der Waals surface area contributed by atoms with E-state index in [-0.39, 0.29) is 0 Å². The lowest BCUT2D eigenvalue weighted by molar-refractivity contribution is 0.121. The van der Waals surface area contributed by atoms with E-state index < -0.39 is 0 Å². The second kappa shape index (κ2) is 17.2. The molecule has 0 amide bonds. The van der Waals surface area contributed by atoms with Crippen LogP contribution >= 0.6 is 0 Å². The first-order valence-electron chi connectivity index (χ1n) is 13.4. The highest BCUT2D eigenvalue weighted by Gasteiger charge is 2.03. The Kier molecular flexibility index (Phi) is 13.2. The van der Waals surface area contributed by atoms with Crippen LogP contribution in [0.25, 0.3) is 0 Å². The summed E-state index contributed by atoms with van der Waals surface area (Å²) in [5, 5.41) is 0. The van der Waals surface area contributed by atoms with Gasteiger partial charge in [-0.15, -0.1) is 0 Å². The van der Waals surface area contributed by atoms with Crippen molar-refractivity contribution in [2.75, 3.05) is 27.4 Å². The van der Waals surface area contributed by atoms with Gasteiger partial charge in [0.25, 0.3) is 0 Å². The van der Waals surface area contributed by atoms with Crippen molar-refractivity contribution in [2.24, 2.45) is 0 Å². The summed E-state index contributed by atoms with van der Waals surface area (Å²) < 4.78 is 22.4. The monoisotopic (exact) mass is 514 g/mol. The van der Waals surface area contributed by atoms with Gasteiger partial charge >= 0.3 is 0 Å². The Morgan fingerprint density at radius 2 is 1.21 bits per heavy atom. The Balaban J connectivity index is 1.47. The highest BCUT2D eigenvalue weighted by Crippen LogP contribution is 2.18. The molecule has 3 aromatic carbocycles. The van der Waals surface area contributed by atoms with Crippen molar-refractivity contribution in [3.8, 4) is 11.5 Å². The van der Waals surface area contributed by atoms with Crippen molar-refractivity contribution < 1.29 is 18.9 Å². The first-order valence-corrected chi connectivity index (χ1v) is 13.4. The summed E-state index contributed by atoms with van der Waals surface area (Å²) in [5.74, 6) is 1.73.